The van der Waals surface area contributed by atoms with Gasteiger partial charge in [-0.15, -0.1) is 0 Å². The average molecular weight is 488 g/mol. The fraction of sp³-hybridized carbons (Fsp3) is 0.591. The summed E-state index contributed by atoms with van der Waals surface area (Å²) >= 11 is 0. The maximum atomic E-state index is 15.5. The van der Waals surface area contributed by atoms with Crippen LogP contribution in [0.4, 0.5) is 21.1 Å². The van der Waals surface area contributed by atoms with Gasteiger partial charge in [-0.2, -0.15) is 9.37 Å². The maximum absolute atomic E-state index is 15.5. The third-order valence-corrected chi connectivity index (χ3v) is 6.63. The summed E-state index contributed by atoms with van der Waals surface area (Å²) in [5.41, 5.74) is 6.02. The van der Waals surface area contributed by atoms with E-state index in [2.05, 4.69) is 25.3 Å². The van der Waals surface area contributed by atoms with Crippen LogP contribution in [0.5, 0.6) is 5.88 Å². The van der Waals surface area contributed by atoms with Gasteiger partial charge in [-0.1, -0.05) is 0 Å². The number of hydrogen-bond acceptors (Lipinski definition) is 10. The Bertz CT molecular complexity index is 1040. The van der Waals surface area contributed by atoms with Gasteiger partial charge in [-0.05, 0) is 0 Å². The van der Waals surface area contributed by atoms with E-state index < -0.39 is 5.82 Å². The summed E-state index contributed by atoms with van der Waals surface area (Å²) in [6, 6.07) is 0.0550. The second kappa shape index (κ2) is 10.1. The van der Waals surface area contributed by atoms with E-state index in [1.54, 1.807) is 4.90 Å². The molecule has 0 unspecified atom stereocenters. The second-order valence-corrected chi connectivity index (χ2v) is 8.92. The van der Waals surface area contributed by atoms with E-state index in [1.165, 1.54) is 12.4 Å². The number of urea groups is 1. The Kier molecular flexibility index (Phi) is 6.77. The van der Waals surface area contributed by atoms with Crippen LogP contribution in [-0.2, 0) is 4.74 Å². The van der Waals surface area contributed by atoms with Crippen molar-refractivity contribution in [1.29, 1.82) is 0 Å². The number of hydrogen-bond donors (Lipinski definition) is 2. The highest BCUT2D eigenvalue weighted by atomic mass is 19.1. The minimum absolute atomic E-state index is 0.0170. The zero-order valence-corrected chi connectivity index (χ0v) is 19.7. The first kappa shape index (κ1) is 23.4. The molecule has 1 aliphatic carbocycles. The highest BCUT2D eigenvalue weighted by molar-refractivity contribution is 5.74. The molecular formula is C22H30FN9O3. The maximum Gasteiger partial charge on any atom is 0.320 e. The van der Waals surface area contributed by atoms with Gasteiger partial charge in [0.05, 0.1) is 13.2 Å². The molecule has 3 N–H and O–H groups in total. The largest absolute Gasteiger partial charge is 0.472 e. The third kappa shape index (κ3) is 5.05. The lowest BCUT2D eigenvalue weighted by atomic mass is 9.88. The quantitative estimate of drug-likeness (QED) is 0.609. The molecule has 1 saturated carbocycles. The monoisotopic (exact) mass is 487 g/mol. The number of anilines is 2. The van der Waals surface area contributed by atoms with Crippen LogP contribution in [0.3, 0.4) is 0 Å². The molecule has 188 valence electrons. The molecule has 5 rings (SSSR count). The SMILES string of the molecule is CN(C(=O)N1CCNCC1)[C@H]1C[C@H](Oc2nc(N3CCOCC3)nc(-c3cnc(N)nc3)c2F)C1. The summed E-state index contributed by atoms with van der Waals surface area (Å²) in [5, 5.41) is 3.25. The van der Waals surface area contributed by atoms with Crippen molar-refractivity contribution in [2.24, 2.45) is 0 Å². The number of amides is 2. The second-order valence-electron chi connectivity index (χ2n) is 8.92. The molecule has 35 heavy (non-hydrogen) atoms. The van der Waals surface area contributed by atoms with Gasteiger partial charge >= 0.3 is 6.03 Å². The number of nitrogen functional groups attached to an aromatic ring is 1. The smallest absolute Gasteiger partial charge is 0.320 e. The molecule has 12 nitrogen and oxygen atoms in total. The van der Waals surface area contributed by atoms with Crippen LogP contribution < -0.4 is 20.7 Å². The van der Waals surface area contributed by atoms with E-state index >= 15 is 4.39 Å². The van der Waals surface area contributed by atoms with Gasteiger partial charge in [0.25, 0.3) is 5.88 Å². The van der Waals surface area contributed by atoms with Crippen LogP contribution >= 0.6 is 0 Å². The fourth-order valence-electron chi connectivity index (χ4n) is 4.39. The molecule has 3 fully saturated rings. The average Bonchev–Trinajstić information content (AvgIpc) is 2.87. The number of nitrogens with zero attached hydrogens (tertiary/aromatic N) is 7. The van der Waals surface area contributed by atoms with Gasteiger partial charge in [-0.3, -0.25) is 0 Å². The van der Waals surface area contributed by atoms with E-state index in [-0.39, 0.29) is 35.7 Å². The minimum atomic E-state index is -0.677. The van der Waals surface area contributed by atoms with Gasteiger partial charge in [0.1, 0.15) is 11.8 Å². The molecule has 0 atom stereocenters. The zero-order chi connectivity index (χ0) is 24.4. The molecule has 2 amide bonds. The Morgan fingerprint density at radius 2 is 1.86 bits per heavy atom. The molecule has 2 aliphatic heterocycles. The van der Waals surface area contributed by atoms with E-state index in [0.29, 0.717) is 63.7 Å². The molecule has 2 aromatic rings. The standard InChI is InChI=1S/C22H30FN9O3/c1-30(22(33)32-4-2-25-3-5-32)15-10-16(11-15)35-19-17(23)18(14-12-26-20(24)27-13-14)28-21(29-19)31-6-8-34-9-7-31/h12-13,15-16,25H,2-11H2,1H3,(H2,24,26,27)/t15-,16-. The highest BCUT2D eigenvalue weighted by Gasteiger charge is 2.38. The van der Waals surface area contributed by atoms with Crippen LogP contribution in [0.1, 0.15) is 12.8 Å². The van der Waals surface area contributed by atoms with Crippen LogP contribution in [0, 0.1) is 5.82 Å². The first-order valence-electron chi connectivity index (χ1n) is 11.9. The number of aromatic nitrogens is 4. The van der Waals surface area contributed by atoms with E-state index in [4.69, 9.17) is 15.2 Å². The molecule has 0 radical (unpaired) electrons. The van der Waals surface area contributed by atoms with Crippen molar-refractivity contribution in [2.45, 2.75) is 25.0 Å². The van der Waals surface area contributed by atoms with Crippen LogP contribution in [0.2, 0.25) is 0 Å². The van der Waals surface area contributed by atoms with E-state index in [1.807, 2.05) is 16.8 Å². The Morgan fingerprint density at radius 1 is 1.17 bits per heavy atom. The van der Waals surface area contributed by atoms with Crippen molar-refractivity contribution >= 4 is 17.9 Å². The number of piperazine rings is 1. The van der Waals surface area contributed by atoms with Crippen molar-refractivity contribution in [1.82, 2.24) is 35.1 Å². The minimum Gasteiger partial charge on any atom is -0.472 e. The molecule has 3 aliphatic rings. The number of carbonyl (C=O) groups excluding carboxylic acids is 1. The molecule has 4 heterocycles. The van der Waals surface area contributed by atoms with Crippen LogP contribution in [-0.4, -0.2) is 107 Å². The van der Waals surface area contributed by atoms with E-state index in [9.17, 15) is 4.79 Å². The summed E-state index contributed by atoms with van der Waals surface area (Å²) in [4.78, 5) is 35.1. The van der Waals surface area contributed by atoms with Crippen molar-refractivity contribution < 1.29 is 18.7 Å². The summed E-state index contributed by atoms with van der Waals surface area (Å²) < 4.78 is 26.9. The van der Waals surface area contributed by atoms with Crippen LogP contribution in [0.25, 0.3) is 11.3 Å². The highest BCUT2D eigenvalue weighted by Crippen LogP contribution is 2.34. The molecule has 2 aromatic heterocycles. The number of morpholine rings is 1. The predicted molar refractivity (Wildman–Crippen MR) is 126 cm³/mol. The normalized spacial score (nSPS) is 22.5. The number of ether oxygens (including phenoxy) is 2. The lowest BCUT2D eigenvalue weighted by Crippen LogP contribution is -2.56. The number of rotatable bonds is 5. The van der Waals surface area contributed by atoms with Gasteiger partial charge in [-0.25, -0.2) is 19.7 Å². The van der Waals surface area contributed by atoms with Crippen molar-refractivity contribution in [3.8, 4) is 17.1 Å². The number of carbonyl (C=O) groups is 1. The molecular weight excluding hydrogens is 457 g/mol. The number of nitrogens with two attached hydrogens (primary N) is 1. The van der Waals surface area contributed by atoms with Gasteiger partial charge < -0.3 is 35.2 Å². The molecule has 0 bridgehead atoms. The fourth-order valence-corrected chi connectivity index (χ4v) is 4.39. The van der Waals surface area contributed by atoms with Crippen molar-refractivity contribution in [3.05, 3.63) is 18.2 Å². The first-order chi connectivity index (χ1) is 17.0. The van der Waals surface area contributed by atoms with Crippen LogP contribution in [0.15, 0.2) is 12.4 Å². The Morgan fingerprint density at radius 3 is 2.54 bits per heavy atom. The number of halogens is 1. The Labute approximate surface area is 202 Å². The Hall–Kier alpha value is -3.32. The lowest BCUT2D eigenvalue weighted by Gasteiger charge is -2.43. The third-order valence-electron chi connectivity index (χ3n) is 6.63. The lowest BCUT2D eigenvalue weighted by molar-refractivity contribution is 0.0296. The topological polar surface area (TPSA) is 135 Å². The molecule has 13 heteroatoms. The molecule has 2 saturated heterocycles. The van der Waals surface area contributed by atoms with Crippen molar-refractivity contribution in [2.75, 3.05) is 70.2 Å². The van der Waals surface area contributed by atoms with Gasteiger partial charge in [0.15, 0.2) is 0 Å². The number of nitrogens with one attached hydrogen (secondary N) is 1. The van der Waals surface area contributed by atoms with E-state index in [0.717, 1.165) is 13.1 Å². The zero-order valence-electron chi connectivity index (χ0n) is 19.7. The Balaban J connectivity index is 1.31. The summed E-state index contributed by atoms with van der Waals surface area (Å²) in [6.45, 7) is 5.25. The summed E-state index contributed by atoms with van der Waals surface area (Å²) in [7, 11) is 1.81. The predicted octanol–water partition coefficient (Wildman–Crippen LogP) is 0.358. The van der Waals surface area contributed by atoms with Gasteiger partial charge in [0.2, 0.25) is 17.7 Å². The summed E-state index contributed by atoms with van der Waals surface area (Å²) in [6.07, 6.45) is 3.80. The summed E-state index contributed by atoms with van der Waals surface area (Å²) in [5.74, 6) is -0.344. The van der Waals surface area contributed by atoms with Gasteiger partial charge in [0, 0.05) is 83.2 Å². The molecule has 0 aromatic carbocycles. The first-order valence-corrected chi connectivity index (χ1v) is 11.9. The van der Waals surface area contributed by atoms with Crippen molar-refractivity contribution in [3.63, 3.8) is 0 Å². The molecule has 0 spiro atoms.